The predicted molar refractivity (Wildman–Crippen MR) is 101 cm³/mol. The molecule has 3 aromatic rings. The Morgan fingerprint density at radius 1 is 1.08 bits per heavy atom. The summed E-state index contributed by atoms with van der Waals surface area (Å²) in [6.45, 7) is 7.16. The molecule has 1 aromatic heterocycles. The van der Waals surface area contributed by atoms with E-state index in [1.807, 2.05) is 50.2 Å². The lowest BCUT2D eigenvalue weighted by Crippen LogP contribution is -2.08. The van der Waals surface area contributed by atoms with Gasteiger partial charge in [0.2, 0.25) is 0 Å². The van der Waals surface area contributed by atoms with Crippen LogP contribution in [-0.2, 0) is 0 Å². The smallest absolute Gasteiger partial charge is 0.339 e. The van der Waals surface area contributed by atoms with Crippen molar-refractivity contribution in [3.63, 3.8) is 0 Å². The first-order valence-electron chi connectivity index (χ1n) is 8.02. The number of nitrogens with one attached hydrogen (secondary N) is 1. The van der Waals surface area contributed by atoms with Gasteiger partial charge in [-0.25, -0.2) is 4.79 Å². The lowest BCUT2D eigenvalue weighted by molar-refractivity contribution is 0.467. The Balaban J connectivity index is 2.13. The molecule has 0 radical (unpaired) electrons. The monoisotopic (exact) mass is 336 g/mol. The SMILES string of the molecule is C/C(=N/Nc1ccccc1)c1cc2c(C)c(C)c(=O)oc2c(C)c1O. The summed E-state index contributed by atoms with van der Waals surface area (Å²) in [6, 6.07) is 11.4. The van der Waals surface area contributed by atoms with Gasteiger partial charge in [0.1, 0.15) is 11.3 Å². The van der Waals surface area contributed by atoms with Gasteiger partial charge in [-0.1, -0.05) is 18.2 Å². The minimum absolute atomic E-state index is 0.0648. The Morgan fingerprint density at radius 2 is 1.76 bits per heavy atom. The van der Waals surface area contributed by atoms with Crippen LogP contribution >= 0.6 is 0 Å². The Kier molecular flexibility index (Phi) is 4.31. The number of hydrazone groups is 1. The van der Waals surface area contributed by atoms with Crippen LogP contribution in [0.3, 0.4) is 0 Å². The van der Waals surface area contributed by atoms with Crippen molar-refractivity contribution < 1.29 is 9.52 Å². The van der Waals surface area contributed by atoms with E-state index in [1.165, 1.54) is 0 Å². The molecule has 2 aromatic carbocycles. The van der Waals surface area contributed by atoms with Crippen molar-refractivity contribution in [1.29, 1.82) is 0 Å². The number of benzene rings is 2. The van der Waals surface area contributed by atoms with Gasteiger partial charge >= 0.3 is 5.63 Å². The van der Waals surface area contributed by atoms with Gasteiger partial charge in [-0.05, 0) is 51.5 Å². The Hall–Kier alpha value is -3.08. The third-order valence-electron chi connectivity index (χ3n) is 4.47. The molecule has 3 rings (SSSR count). The summed E-state index contributed by atoms with van der Waals surface area (Å²) >= 11 is 0. The quantitative estimate of drug-likeness (QED) is 0.426. The molecule has 2 N–H and O–H groups in total. The minimum atomic E-state index is -0.378. The van der Waals surface area contributed by atoms with Crippen molar-refractivity contribution in [2.75, 3.05) is 5.43 Å². The summed E-state index contributed by atoms with van der Waals surface area (Å²) in [7, 11) is 0. The maximum absolute atomic E-state index is 11.9. The summed E-state index contributed by atoms with van der Waals surface area (Å²) in [6.07, 6.45) is 0. The molecule has 5 heteroatoms. The van der Waals surface area contributed by atoms with Crippen LogP contribution in [0, 0.1) is 20.8 Å². The first-order chi connectivity index (χ1) is 11.9. The first kappa shape index (κ1) is 16.8. The molecule has 0 unspecified atom stereocenters. The van der Waals surface area contributed by atoms with Crippen LogP contribution in [0.2, 0.25) is 0 Å². The molecule has 0 amide bonds. The fourth-order valence-electron chi connectivity index (χ4n) is 2.72. The normalized spacial score (nSPS) is 11.8. The molecule has 5 nitrogen and oxygen atoms in total. The summed E-state index contributed by atoms with van der Waals surface area (Å²) in [5.41, 5.74) is 7.05. The summed E-state index contributed by atoms with van der Waals surface area (Å²) in [5, 5.41) is 15.7. The number of phenols is 1. The fourth-order valence-corrected chi connectivity index (χ4v) is 2.72. The zero-order valence-corrected chi connectivity index (χ0v) is 14.7. The van der Waals surface area contributed by atoms with Gasteiger partial charge in [-0.2, -0.15) is 5.10 Å². The summed E-state index contributed by atoms with van der Waals surface area (Å²) < 4.78 is 5.38. The Morgan fingerprint density at radius 3 is 2.44 bits per heavy atom. The molecule has 0 aliphatic rings. The van der Waals surface area contributed by atoms with Gasteiger partial charge < -0.3 is 9.52 Å². The van der Waals surface area contributed by atoms with Gasteiger partial charge in [0.05, 0.1) is 11.4 Å². The van der Waals surface area contributed by atoms with Crippen molar-refractivity contribution in [2.24, 2.45) is 5.10 Å². The van der Waals surface area contributed by atoms with Gasteiger partial charge in [0.25, 0.3) is 0 Å². The molecule has 0 saturated heterocycles. The van der Waals surface area contributed by atoms with E-state index in [0.29, 0.717) is 28.0 Å². The number of anilines is 1. The standard InChI is InChI=1S/C20H20N2O3/c1-11-12(2)20(24)25-19-13(3)18(23)17(10-16(11)19)14(4)21-22-15-8-6-5-7-9-15/h5-10,22-23H,1-4H3/b21-14-. The third kappa shape index (κ3) is 3.01. The van der Waals surface area contributed by atoms with Crippen LogP contribution in [0.4, 0.5) is 5.69 Å². The van der Waals surface area contributed by atoms with Crippen molar-refractivity contribution in [3.8, 4) is 5.75 Å². The topological polar surface area (TPSA) is 74.8 Å². The van der Waals surface area contributed by atoms with Crippen molar-refractivity contribution >= 4 is 22.4 Å². The van der Waals surface area contributed by atoms with Gasteiger partial charge in [0, 0.05) is 22.1 Å². The number of aryl methyl sites for hydroxylation is 2. The molecule has 0 fully saturated rings. The van der Waals surface area contributed by atoms with Crippen molar-refractivity contribution in [3.05, 3.63) is 69.1 Å². The third-order valence-corrected chi connectivity index (χ3v) is 4.47. The number of aromatic hydroxyl groups is 1. The number of fused-ring (bicyclic) bond motifs is 1. The van der Waals surface area contributed by atoms with Crippen molar-refractivity contribution in [2.45, 2.75) is 27.7 Å². The Bertz CT molecular complexity index is 1030. The van der Waals surface area contributed by atoms with E-state index in [4.69, 9.17) is 4.42 Å². The van der Waals surface area contributed by atoms with E-state index < -0.39 is 0 Å². The van der Waals surface area contributed by atoms with E-state index in [-0.39, 0.29) is 11.4 Å². The minimum Gasteiger partial charge on any atom is -0.507 e. The van der Waals surface area contributed by atoms with Gasteiger partial charge in [0.15, 0.2) is 0 Å². The second-order valence-corrected chi connectivity index (χ2v) is 6.09. The average molecular weight is 336 g/mol. The number of hydrogen-bond acceptors (Lipinski definition) is 5. The number of hydrogen-bond donors (Lipinski definition) is 2. The van der Waals surface area contributed by atoms with Gasteiger partial charge in [-0.15, -0.1) is 0 Å². The highest BCUT2D eigenvalue weighted by atomic mass is 16.4. The lowest BCUT2D eigenvalue weighted by atomic mass is 9.98. The van der Waals surface area contributed by atoms with E-state index in [1.54, 1.807) is 13.8 Å². The second-order valence-electron chi connectivity index (χ2n) is 6.09. The largest absolute Gasteiger partial charge is 0.507 e. The van der Waals surface area contributed by atoms with E-state index in [2.05, 4.69) is 10.5 Å². The maximum Gasteiger partial charge on any atom is 0.339 e. The van der Waals surface area contributed by atoms with E-state index in [0.717, 1.165) is 16.6 Å². The van der Waals surface area contributed by atoms with Gasteiger partial charge in [-0.3, -0.25) is 5.43 Å². The number of para-hydroxylation sites is 1. The molecule has 128 valence electrons. The predicted octanol–water partition coefficient (Wildman–Crippen LogP) is 4.26. The van der Waals surface area contributed by atoms with Crippen LogP contribution in [0.5, 0.6) is 5.75 Å². The fraction of sp³-hybridized carbons (Fsp3) is 0.200. The molecule has 0 atom stereocenters. The molecule has 0 aliphatic heterocycles. The maximum atomic E-state index is 11.9. The average Bonchev–Trinajstić information content (AvgIpc) is 2.62. The summed E-state index contributed by atoms with van der Waals surface area (Å²) in [5.74, 6) is 0.0648. The highest BCUT2D eigenvalue weighted by Gasteiger charge is 2.17. The number of rotatable bonds is 3. The zero-order chi connectivity index (χ0) is 18.1. The highest BCUT2D eigenvalue weighted by Crippen LogP contribution is 2.32. The zero-order valence-electron chi connectivity index (χ0n) is 14.7. The van der Waals surface area contributed by atoms with E-state index in [9.17, 15) is 9.90 Å². The number of phenolic OH excluding ortho intramolecular Hbond substituents is 1. The summed E-state index contributed by atoms with van der Waals surface area (Å²) in [4.78, 5) is 11.9. The molecular formula is C20H20N2O3. The second kappa shape index (κ2) is 6.43. The van der Waals surface area contributed by atoms with Crippen LogP contribution in [0.25, 0.3) is 11.0 Å². The highest BCUT2D eigenvalue weighted by molar-refractivity contribution is 6.05. The molecule has 25 heavy (non-hydrogen) atoms. The molecule has 0 saturated carbocycles. The van der Waals surface area contributed by atoms with Crippen LogP contribution in [-0.4, -0.2) is 10.8 Å². The molecule has 0 aliphatic carbocycles. The Labute approximate surface area is 145 Å². The van der Waals surface area contributed by atoms with Crippen LogP contribution in [0.15, 0.2) is 50.7 Å². The van der Waals surface area contributed by atoms with Crippen LogP contribution in [0.1, 0.15) is 29.2 Å². The molecule has 0 bridgehead atoms. The molecule has 0 spiro atoms. The van der Waals surface area contributed by atoms with Crippen molar-refractivity contribution in [1.82, 2.24) is 0 Å². The number of nitrogens with zero attached hydrogens (tertiary/aromatic N) is 1. The molecule has 1 heterocycles. The van der Waals surface area contributed by atoms with Crippen LogP contribution < -0.4 is 11.1 Å². The first-order valence-corrected chi connectivity index (χ1v) is 8.02. The lowest BCUT2D eigenvalue weighted by Gasteiger charge is -2.12. The van der Waals surface area contributed by atoms with E-state index >= 15 is 0 Å². The molecular weight excluding hydrogens is 316 g/mol.